The molecule has 1 N–H and O–H groups in total. The number of rotatable bonds is 5. The molecular weight excluding hydrogens is 336 g/mol. The van der Waals surface area contributed by atoms with E-state index in [1.807, 2.05) is 71.6 Å². The summed E-state index contributed by atoms with van der Waals surface area (Å²) in [5.74, 6) is 0.830. The summed E-state index contributed by atoms with van der Waals surface area (Å²) < 4.78 is 5.38. The van der Waals surface area contributed by atoms with E-state index in [2.05, 4.69) is 17.4 Å². The number of ether oxygens (including phenoxy) is 1. The number of para-hydroxylation sites is 1. The van der Waals surface area contributed by atoms with Gasteiger partial charge in [-0.25, -0.2) is 0 Å². The van der Waals surface area contributed by atoms with Crippen molar-refractivity contribution >= 4 is 11.6 Å². The lowest BCUT2D eigenvalue weighted by atomic mass is 10.0. The zero-order valence-electron chi connectivity index (χ0n) is 15.3. The molecule has 0 radical (unpaired) electrons. The summed E-state index contributed by atoms with van der Waals surface area (Å²) in [6.45, 7) is 0.631. The molecule has 0 unspecified atom stereocenters. The first kappa shape index (κ1) is 17.2. The maximum absolute atomic E-state index is 13.2. The second-order valence-corrected chi connectivity index (χ2v) is 6.60. The Labute approximate surface area is 159 Å². The molecule has 3 aromatic carbocycles. The van der Waals surface area contributed by atoms with Crippen molar-refractivity contribution in [3.05, 3.63) is 95.6 Å². The number of nitrogens with zero attached hydrogens (tertiary/aromatic N) is 1. The van der Waals surface area contributed by atoms with Gasteiger partial charge in [0.05, 0.1) is 12.7 Å². The quantitative estimate of drug-likeness (QED) is 0.730. The largest absolute Gasteiger partial charge is 0.497 e. The molecule has 0 aliphatic carbocycles. The van der Waals surface area contributed by atoms with Gasteiger partial charge < -0.3 is 15.0 Å². The smallest absolute Gasteiger partial charge is 0.257 e. The zero-order chi connectivity index (χ0) is 18.6. The fourth-order valence-corrected chi connectivity index (χ4v) is 3.49. The van der Waals surface area contributed by atoms with Gasteiger partial charge in [-0.1, -0.05) is 54.6 Å². The van der Waals surface area contributed by atoms with Crippen LogP contribution in [-0.2, 0) is 6.42 Å². The maximum Gasteiger partial charge on any atom is 0.257 e. The normalized spacial score (nSPS) is 15.8. The van der Waals surface area contributed by atoms with Crippen molar-refractivity contribution in [1.29, 1.82) is 0 Å². The van der Waals surface area contributed by atoms with E-state index in [0.29, 0.717) is 12.1 Å². The molecule has 0 saturated heterocycles. The molecule has 0 bridgehead atoms. The van der Waals surface area contributed by atoms with Crippen molar-refractivity contribution in [2.75, 3.05) is 19.0 Å². The highest BCUT2D eigenvalue weighted by atomic mass is 16.5. The molecule has 0 spiro atoms. The van der Waals surface area contributed by atoms with Gasteiger partial charge in [-0.2, -0.15) is 0 Å². The zero-order valence-corrected chi connectivity index (χ0v) is 15.3. The first-order valence-electron chi connectivity index (χ1n) is 9.10. The Bertz CT molecular complexity index is 940. The highest BCUT2D eigenvalue weighted by Gasteiger charge is 2.32. The molecule has 0 aromatic heterocycles. The summed E-state index contributed by atoms with van der Waals surface area (Å²) in [6, 6.07) is 25.8. The van der Waals surface area contributed by atoms with Gasteiger partial charge in [0.15, 0.2) is 0 Å². The van der Waals surface area contributed by atoms with Crippen LogP contribution < -0.4 is 10.1 Å². The van der Waals surface area contributed by atoms with Crippen molar-refractivity contribution < 1.29 is 9.53 Å². The number of anilines is 1. The average molecular weight is 358 g/mol. The van der Waals surface area contributed by atoms with Crippen LogP contribution in [0.4, 0.5) is 5.69 Å². The molecular formula is C23H22N2O2. The monoisotopic (exact) mass is 358 g/mol. The number of carbonyl (C=O) groups excluding carboxylic acids is 1. The van der Waals surface area contributed by atoms with Gasteiger partial charge in [0.2, 0.25) is 0 Å². The number of fused-ring (bicyclic) bond motifs is 1. The summed E-state index contributed by atoms with van der Waals surface area (Å²) in [7, 11) is 1.65. The van der Waals surface area contributed by atoms with Gasteiger partial charge >= 0.3 is 0 Å². The van der Waals surface area contributed by atoms with Crippen LogP contribution in [-0.4, -0.2) is 24.5 Å². The van der Waals surface area contributed by atoms with Crippen LogP contribution in [0, 0.1) is 0 Å². The van der Waals surface area contributed by atoms with Crippen LogP contribution in [0.1, 0.15) is 27.7 Å². The number of methoxy groups -OCH3 is 1. The number of amides is 1. The summed E-state index contributed by atoms with van der Waals surface area (Å²) in [5.41, 5.74) is 3.80. The summed E-state index contributed by atoms with van der Waals surface area (Å²) >= 11 is 0. The van der Waals surface area contributed by atoms with Crippen LogP contribution in [0.5, 0.6) is 5.75 Å². The Balaban J connectivity index is 1.68. The predicted molar refractivity (Wildman–Crippen MR) is 107 cm³/mol. The van der Waals surface area contributed by atoms with Crippen molar-refractivity contribution in [1.82, 2.24) is 4.90 Å². The minimum atomic E-state index is -0.230. The summed E-state index contributed by atoms with van der Waals surface area (Å²) in [6.07, 6.45) is 0.572. The topological polar surface area (TPSA) is 41.6 Å². The Hall–Kier alpha value is -3.27. The van der Waals surface area contributed by atoms with Crippen LogP contribution in [0.15, 0.2) is 78.9 Å². The van der Waals surface area contributed by atoms with Gasteiger partial charge in [-0.3, -0.25) is 4.79 Å². The standard InChI is InChI=1S/C23H22N2O2/c1-27-19-11-7-10-18(16-19)22-24-21-13-6-5-12-20(21)23(26)25(22)15-14-17-8-3-2-4-9-17/h2-13,16,22,24H,14-15H2,1H3/t22-/m1/s1. The van der Waals surface area contributed by atoms with Crippen LogP contribution in [0.3, 0.4) is 0 Å². The lowest BCUT2D eigenvalue weighted by Gasteiger charge is -2.38. The first-order valence-corrected chi connectivity index (χ1v) is 9.10. The molecule has 1 aliphatic rings. The van der Waals surface area contributed by atoms with Crippen LogP contribution >= 0.6 is 0 Å². The molecule has 3 aromatic rings. The minimum absolute atomic E-state index is 0.0492. The first-order chi connectivity index (χ1) is 13.3. The van der Waals surface area contributed by atoms with Crippen molar-refractivity contribution in [3.8, 4) is 5.75 Å². The third-order valence-corrected chi connectivity index (χ3v) is 4.92. The SMILES string of the molecule is COc1cccc([C@@H]2Nc3ccccc3C(=O)N2CCc2ccccc2)c1. The van der Waals surface area contributed by atoms with Gasteiger partial charge in [-0.15, -0.1) is 0 Å². The third kappa shape index (κ3) is 3.51. The molecule has 4 rings (SSSR count). The fraction of sp³-hybridized carbons (Fsp3) is 0.174. The van der Waals surface area contributed by atoms with Gasteiger partial charge in [0.25, 0.3) is 5.91 Å². The number of nitrogens with one attached hydrogen (secondary N) is 1. The van der Waals surface area contributed by atoms with E-state index < -0.39 is 0 Å². The number of hydrogen-bond donors (Lipinski definition) is 1. The molecule has 4 nitrogen and oxygen atoms in total. The third-order valence-electron chi connectivity index (χ3n) is 4.92. The van der Waals surface area contributed by atoms with E-state index >= 15 is 0 Å². The number of hydrogen-bond acceptors (Lipinski definition) is 3. The van der Waals surface area contributed by atoms with E-state index in [1.165, 1.54) is 5.56 Å². The molecule has 1 amide bonds. The van der Waals surface area contributed by atoms with E-state index in [-0.39, 0.29) is 12.1 Å². The van der Waals surface area contributed by atoms with Gasteiger partial charge in [0, 0.05) is 12.2 Å². The van der Waals surface area contributed by atoms with Gasteiger partial charge in [0.1, 0.15) is 11.9 Å². The molecule has 0 fully saturated rings. The Morgan fingerprint density at radius 2 is 1.74 bits per heavy atom. The molecule has 4 heteroatoms. The molecule has 1 heterocycles. The predicted octanol–water partition coefficient (Wildman–Crippen LogP) is 4.50. The van der Waals surface area contributed by atoms with E-state index in [9.17, 15) is 4.79 Å². The van der Waals surface area contributed by atoms with Crippen molar-refractivity contribution in [2.45, 2.75) is 12.6 Å². The van der Waals surface area contributed by atoms with Crippen LogP contribution in [0.25, 0.3) is 0 Å². The Morgan fingerprint density at radius 3 is 2.56 bits per heavy atom. The Kier molecular flexibility index (Phi) is 4.79. The highest BCUT2D eigenvalue weighted by Crippen LogP contribution is 2.34. The highest BCUT2D eigenvalue weighted by molar-refractivity contribution is 6.01. The van der Waals surface area contributed by atoms with Crippen molar-refractivity contribution in [2.24, 2.45) is 0 Å². The van der Waals surface area contributed by atoms with Gasteiger partial charge in [-0.05, 0) is 41.8 Å². The summed E-state index contributed by atoms with van der Waals surface area (Å²) in [5, 5.41) is 3.53. The summed E-state index contributed by atoms with van der Waals surface area (Å²) in [4.78, 5) is 15.1. The van der Waals surface area contributed by atoms with Crippen LogP contribution in [0.2, 0.25) is 0 Å². The molecule has 27 heavy (non-hydrogen) atoms. The molecule has 1 aliphatic heterocycles. The van der Waals surface area contributed by atoms with E-state index in [1.54, 1.807) is 7.11 Å². The fourth-order valence-electron chi connectivity index (χ4n) is 3.49. The molecule has 136 valence electrons. The number of benzene rings is 3. The lowest BCUT2D eigenvalue weighted by molar-refractivity contribution is 0.0685. The maximum atomic E-state index is 13.2. The minimum Gasteiger partial charge on any atom is -0.497 e. The van der Waals surface area contributed by atoms with E-state index in [0.717, 1.165) is 23.4 Å². The molecule has 1 atom stereocenters. The Morgan fingerprint density at radius 1 is 0.963 bits per heavy atom. The van der Waals surface area contributed by atoms with E-state index in [4.69, 9.17) is 4.74 Å². The number of carbonyl (C=O) groups is 1. The average Bonchev–Trinajstić information content (AvgIpc) is 2.74. The second kappa shape index (κ2) is 7.54. The lowest BCUT2D eigenvalue weighted by Crippen LogP contribution is -2.44. The molecule has 0 saturated carbocycles. The van der Waals surface area contributed by atoms with Crippen molar-refractivity contribution in [3.63, 3.8) is 0 Å². The second-order valence-electron chi connectivity index (χ2n) is 6.60.